The predicted molar refractivity (Wildman–Crippen MR) is 66.5 cm³/mol. The molecular weight excluding hydrogens is 212 g/mol. The van der Waals surface area contributed by atoms with Crippen molar-refractivity contribution < 1.29 is 0 Å². The molecule has 0 saturated heterocycles. The Balaban J connectivity index is 2.01. The zero-order chi connectivity index (χ0) is 12.0. The zero-order valence-electron chi connectivity index (χ0n) is 10.6. The average molecular weight is 230 g/mol. The molecular formula is C13H18N4. The largest absolute Gasteiger partial charge is 0.340 e. The van der Waals surface area contributed by atoms with Gasteiger partial charge >= 0.3 is 0 Å². The number of aromatic nitrogens is 4. The van der Waals surface area contributed by atoms with E-state index in [0.29, 0.717) is 0 Å². The number of aryl methyl sites for hydroxylation is 1. The van der Waals surface area contributed by atoms with Gasteiger partial charge in [0.25, 0.3) is 0 Å². The van der Waals surface area contributed by atoms with Gasteiger partial charge in [0, 0.05) is 18.9 Å². The van der Waals surface area contributed by atoms with Crippen molar-refractivity contribution in [3.63, 3.8) is 0 Å². The Morgan fingerprint density at radius 3 is 2.76 bits per heavy atom. The number of nitrogens with one attached hydrogen (secondary N) is 1. The number of fused-ring (bicyclic) bond motifs is 1. The summed E-state index contributed by atoms with van der Waals surface area (Å²) in [6, 6.07) is 2.00. The van der Waals surface area contributed by atoms with E-state index in [1.54, 1.807) is 0 Å². The molecule has 17 heavy (non-hydrogen) atoms. The van der Waals surface area contributed by atoms with Crippen LogP contribution >= 0.6 is 0 Å². The Labute approximate surface area is 101 Å². The number of H-pyrrole nitrogens is 1. The van der Waals surface area contributed by atoms with Crippen LogP contribution in [0.15, 0.2) is 12.3 Å². The molecule has 2 aromatic rings. The van der Waals surface area contributed by atoms with Crippen LogP contribution in [0.2, 0.25) is 0 Å². The van der Waals surface area contributed by atoms with Gasteiger partial charge in [-0.15, -0.1) is 0 Å². The van der Waals surface area contributed by atoms with Gasteiger partial charge in [-0.05, 0) is 30.7 Å². The lowest BCUT2D eigenvalue weighted by molar-refractivity contribution is 0.355. The summed E-state index contributed by atoms with van der Waals surface area (Å²) in [6.45, 7) is 4.63. The van der Waals surface area contributed by atoms with Crippen molar-refractivity contribution in [1.29, 1.82) is 0 Å². The molecule has 2 atom stereocenters. The smallest absolute Gasteiger partial charge is 0.156 e. The summed E-state index contributed by atoms with van der Waals surface area (Å²) in [5.74, 6) is 2.42. The van der Waals surface area contributed by atoms with Crippen molar-refractivity contribution in [3.8, 4) is 11.5 Å². The Bertz CT molecular complexity index is 510. The lowest BCUT2D eigenvalue weighted by Crippen LogP contribution is -2.20. The fourth-order valence-electron chi connectivity index (χ4n) is 2.54. The Kier molecular flexibility index (Phi) is 2.31. The molecule has 1 N–H and O–H groups in total. The van der Waals surface area contributed by atoms with Crippen molar-refractivity contribution >= 4 is 0 Å². The number of hydrogen-bond donors (Lipinski definition) is 1. The summed E-state index contributed by atoms with van der Waals surface area (Å²) in [6.07, 6.45) is 4.01. The van der Waals surface area contributed by atoms with Gasteiger partial charge in [-0.2, -0.15) is 5.10 Å². The summed E-state index contributed by atoms with van der Waals surface area (Å²) >= 11 is 0. The molecule has 3 rings (SSSR count). The fraction of sp³-hybridized carbons (Fsp3) is 0.538. The maximum Gasteiger partial charge on any atom is 0.156 e. The van der Waals surface area contributed by atoms with E-state index in [1.165, 1.54) is 11.4 Å². The minimum absolute atomic E-state index is 0.727. The molecule has 90 valence electrons. The molecule has 2 aromatic heterocycles. The van der Waals surface area contributed by atoms with Crippen molar-refractivity contribution in [2.75, 3.05) is 0 Å². The van der Waals surface area contributed by atoms with Gasteiger partial charge in [0.2, 0.25) is 0 Å². The van der Waals surface area contributed by atoms with Gasteiger partial charge in [-0.3, -0.25) is 4.68 Å². The van der Waals surface area contributed by atoms with Crippen LogP contribution in [-0.4, -0.2) is 19.7 Å². The summed E-state index contributed by atoms with van der Waals surface area (Å²) < 4.78 is 1.86. The molecule has 0 spiro atoms. The number of rotatable bonds is 1. The van der Waals surface area contributed by atoms with Crippen LogP contribution in [0.3, 0.4) is 0 Å². The number of nitrogens with zero attached hydrogens (tertiary/aromatic N) is 3. The number of hydrogen-bond acceptors (Lipinski definition) is 2. The monoisotopic (exact) mass is 230 g/mol. The number of imidazole rings is 1. The van der Waals surface area contributed by atoms with E-state index in [-0.39, 0.29) is 0 Å². The number of aromatic amines is 1. The molecule has 0 saturated carbocycles. The highest BCUT2D eigenvalue weighted by Gasteiger charge is 2.25. The van der Waals surface area contributed by atoms with Gasteiger partial charge in [-0.25, -0.2) is 4.98 Å². The molecule has 4 nitrogen and oxygen atoms in total. The van der Waals surface area contributed by atoms with E-state index in [2.05, 4.69) is 23.9 Å². The SMILES string of the molecule is CC1Cc2nc(-c3ccnn3C)[nH]c2CC1C. The Morgan fingerprint density at radius 1 is 1.29 bits per heavy atom. The van der Waals surface area contributed by atoms with E-state index < -0.39 is 0 Å². The minimum atomic E-state index is 0.727. The first kappa shape index (κ1) is 10.6. The Hall–Kier alpha value is -1.58. The van der Waals surface area contributed by atoms with Gasteiger partial charge in [0.15, 0.2) is 5.82 Å². The lowest BCUT2D eigenvalue weighted by atomic mass is 9.82. The van der Waals surface area contributed by atoms with Crippen molar-refractivity contribution in [1.82, 2.24) is 19.7 Å². The van der Waals surface area contributed by atoms with Crippen LogP contribution in [0.25, 0.3) is 11.5 Å². The quantitative estimate of drug-likeness (QED) is 0.816. The maximum absolute atomic E-state index is 4.72. The normalized spacial score (nSPS) is 23.7. The zero-order valence-corrected chi connectivity index (χ0v) is 10.6. The topological polar surface area (TPSA) is 46.5 Å². The average Bonchev–Trinajstić information content (AvgIpc) is 2.85. The third-order valence-electron chi connectivity index (χ3n) is 3.94. The van der Waals surface area contributed by atoms with Crippen LogP contribution in [0.1, 0.15) is 25.2 Å². The molecule has 0 fully saturated rings. The molecule has 0 aliphatic heterocycles. The van der Waals surface area contributed by atoms with Gasteiger partial charge < -0.3 is 4.98 Å². The van der Waals surface area contributed by atoms with Crippen LogP contribution in [0.5, 0.6) is 0 Å². The molecule has 0 amide bonds. The molecule has 4 heteroatoms. The van der Waals surface area contributed by atoms with E-state index in [9.17, 15) is 0 Å². The fourth-order valence-corrected chi connectivity index (χ4v) is 2.54. The second-order valence-corrected chi connectivity index (χ2v) is 5.21. The molecule has 0 radical (unpaired) electrons. The van der Waals surface area contributed by atoms with Crippen molar-refractivity contribution in [3.05, 3.63) is 23.7 Å². The summed E-state index contributed by atoms with van der Waals surface area (Å²) in [4.78, 5) is 8.18. The first-order valence-electron chi connectivity index (χ1n) is 6.21. The highest BCUT2D eigenvalue weighted by atomic mass is 15.3. The standard InChI is InChI=1S/C13H18N4/c1-8-6-10-11(7-9(8)2)16-13(15-10)12-4-5-14-17(12)3/h4-5,8-9H,6-7H2,1-3H3,(H,15,16). The van der Waals surface area contributed by atoms with Crippen LogP contribution in [-0.2, 0) is 19.9 Å². The highest BCUT2D eigenvalue weighted by molar-refractivity contribution is 5.50. The summed E-state index contributed by atoms with van der Waals surface area (Å²) in [5, 5.41) is 4.19. The van der Waals surface area contributed by atoms with Crippen LogP contribution in [0.4, 0.5) is 0 Å². The Morgan fingerprint density at radius 2 is 2.06 bits per heavy atom. The van der Waals surface area contributed by atoms with Crippen molar-refractivity contribution in [2.45, 2.75) is 26.7 Å². The van der Waals surface area contributed by atoms with Crippen LogP contribution in [0, 0.1) is 11.8 Å². The third-order valence-corrected chi connectivity index (χ3v) is 3.94. The van der Waals surface area contributed by atoms with Gasteiger partial charge in [0.1, 0.15) is 5.69 Å². The minimum Gasteiger partial charge on any atom is -0.340 e. The van der Waals surface area contributed by atoms with E-state index in [1.807, 2.05) is 24.0 Å². The first-order valence-corrected chi connectivity index (χ1v) is 6.21. The molecule has 0 aromatic carbocycles. The molecule has 1 aliphatic rings. The third kappa shape index (κ3) is 1.68. The summed E-state index contributed by atoms with van der Waals surface area (Å²) in [5.41, 5.74) is 3.61. The molecule has 0 bridgehead atoms. The molecule has 2 unspecified atom stereocenters. The van der Waals surface area contributed by atoms with E-state index >= 15 is 0 Å². The summed E-state index contributed by atoms with van der Waals surface area (Å²) in [7, 11) is 1.95. The maximum atomic E-state index is 4.72. The van der Waals surface area contributed by atoms with Gasteiger partial charge in [-0.1, -0.05) is 13.8 Å². The second kappa shape index (κ2) is 3.72. The van der Waals surface area contributed by atoms with E-state index in [0.717, 1.165) is 36.2 Å². The van der Waals surface area contributed by atoms with Crippen LogP contribution < -0.4 is 0 Å². The predicted octanol–water partition coefficient (Wildman–Crippen LogP) is 2.18. The molecule has 1 aliphatic carbocycles. The second-order valence-electron chi connectivity index (χ2n) is 5.21. The first-order chi connectivity index (χ1) is 8.15. The molecule has 2 heterocycles. The lowest BCUT2D eigenvalue weighted by Gasteiger charge is -2.24. The van der Waals surface area contributed by atoms with E-state index in [4.69, 9.17) is 4.98 Å². The van der Waals surface area contributed by atoms with Crippen molar-refractivity contribution in [2.24, 2.45) is 18.9 Å². The highest BCUT2D eigenvalue weighted by Crippen LogP contribution is 2.30. The van der Waals surface area contributed by atoms with Gasteiger partial charge in [0.05, 0.1) is 5.69 Å².